The molecule has 25 heavy (non-hydrogen) atoms. The Morgan fingerprint density at radius 2 is 2.12 bits per heavy atom. The number of nitrogens with zero attached hydrogens (tertiary/aromatic N) is 3. The second-order valence-electron chi connectivity index (χ2n) is 5.92. The van der Waals surface area contributed by atoms with Crippen molar-refractivity contribution in [3.8, 4) is 5.75 Å². The van der Waals surface area contributed by atoms with Gasteiger partial charge in [0.1, 0.15) is 11.6 Å². The van der Waals surface area contributed by atoms with E-state index in [-0.39, 0.29) is 30.3 Å². The van der Waals surface area contributed by atoms with Crippen molar-refractivity contribution >= 4 is 17.5 Å². The number of rotatable bonds is 5. The molecule has 8 heteroatoms. The van der Waals surface area contributed by atoms with Crippen LogP contribution in [0.1, 0.15) is 19.4 Å². The van der Waals surface area contributed by atoms with Gasteiger partial charge in [-0.3, -0.25) is 14.3 Å². The monoisotopic (exact) mass is 346 g/mol. The maximum absolute atomic E-state index is 12.8. The molecule has 1 fully saturated rings. The average molecular weight is 346 g/mol. The molecule has 1 unspecified atom stereocenters. The van der Waals surface area contributed by atoms with Crippen LogP contribution in [0, 0.1) is 5.82 Å². The Morgan fingerprint density at radius 1 is 1.36 bits per heavy atom. The Kier molecular flexibility index (Phi) is 4.97. The number of halogens is 1. The highest BCUT2D eigenvalue weighted by Gasteiger charge is 2.28. The topological polar surface area (TPSA) is 76.5 Å². The summed E-state index contributed by atoms with van der Waals surface area (Å²) in [7, 11) is 0. The molecular formula is C17H19FN4O3. The minimum atomic E-state index is -0.348. The molecule has 1 atom stereocenters. The second-order valence-corrected chi connectivity index (χ2v) is 5.92. The molecule has 2 heterocycles. The third kappa shape index (κ3) is 4.34. The highest BCUT2D eigenvalue weighted by atomic mass is 19.1. The van der Waals surface area contributed by atoms with Crippen LogP contribution in [0.15, 0.2) is 36.7 Å². The van der Waals surface area contributed by atoms with Gasteiger partial charge in [-0.25, -0.2) is 4.39 Å². The number of carbonyl (C=O) groups is 2. The Morgan fingerprint density at radius 3 is 2.84 bits per heavy atom. The van der Waals surface area contributed by atoms with Crippen molar-refractivity contribution in [2.75, 3.05) is 25.0 Å². The molecule has 2 aromatic rings. The normalized spacial score (nSPS) is 16.7. The molecule has 1 aliphatic rings. The van der Waals surface area contributed by atoms with Gasteiger partial charge in [-0.2, -0.15) is 5.10 Å². The number of ether oxygens (including phenoxy) is 1. The van der Waals surface area contributed by atoms with Crippen molar-refractivity contribution < 1.29 is 18.7 Å². The third-order valence-corrected chi connectivity index (χ3v) is 3.99. The van der Waals surface area contributed by atoms with Gasteiger partial charge in [0, 0.05) is 26.2 Å². The maximum Gasteiger partial charge on any atom is 0.260 e. The number of likely N-dealkylation sites (tertiary alicyclic amines) is 1. The summed E-state index contributed by atoms with van der Waals surface area (Å²) >= 11 is 0. The summed E-state index contributed by atoms with van der Waals surface area (Å²) in [5.74, 6) is -0.168. The van der Waals surface area contributed by atoms with Crippen LogP contribution >= 0.6 is 0 Å². The summed E-state index contributed by atoms with van der Waals surface area (Å²) in [5, 5.41) is 6.92. The number of benzene rings is 1. The van der Waals surface area contributed by atoms with E-state index in [2.05, 4.69) is 10.4 Å². The first-order valence-corrected chi connectivity index (χ1v) is 7.99. The van der Waals surface area contributed by atoms with Gasteiger partial charge in [-0.05, 0) is 30.7 Å². The fourth-order valence-electron chi connectivity index (χ4n) is 2.76. The molecule has 0 spiro atoms. The molecule has 1 aromatic heterocycles. The van der Waals surface area contributed by atoms with E-state index in [9.17, 15) is 14.0 Å². The molecule has 1 N–H and O–H groups in total. The summed E-state index contributed by atoms with van der Waals surface area (Å²) in [6, 6.07) is 5.62. The van der Waals surface area contributed by atoms with Crippen LogP contribution in [-0.2, 0) is 9.59 Å². The molecule has 0 radical (unpaired) electrons. The van der Waals surface area contributed by atoms with Crippen LogP contribution in [0.25, 0.3) is 0 Å². The van der Waals surface area contributed by atoms with Gasteiger partial charge in [0.05, 0.1) is 17.9 Å². The summed E-state index contributed by atoms with van der Waals surface area (Å²) in [6.45, 7) is 2.50. The Bertz CT molecular complexity index is 760. The van der Waals surface area contributed by atoms with E-state index in [4.69, 9.17) is 4.74 Å². The minimum absolute atomic E-state index is 0.0669. The second kappa shape index (κ2) is 7.33. The van der Waals surface area contributed by atoms with E-state index in [1.54, 1.807) is 22.0 Å². The van der Waals surface area contributed by atoms with Crippen LogP contribution < -0.4 is 10.1 Å². The van der Waals surface area contributed by atoms with Gasteiger partial charge < -0.3 is 15.0 Å². The van der Waals surface area contributed by atoms with Crippen LogP contribution in [0.4, 0.5) is 10.1 Å². The molecule has 1 aliphatic heterocycles. The van der Waals surface area contributed by atoms with E-state index in [0.29, 0.717) is 24.5 Å². The number of amides is 2. The quantitative estimate of drug-likeness (QED) is 0.896. The molecule has 0 aliphatic carbocycles. The third-order valence-electron chi connectivity index (χ3n) is 3.99. The smallest absolute Gasteiger partial charge is 0.260 e. The SMILES string of the molecule is CC(=O)Nc1cnn(C2CCN(C(=O)COc3ccc(F)cc3)C2)c1. The van der Waals surface area contributed by atoms with Crippen molar-refractivity contribution in [2.45, 2.75) is 19.4 Å². The van der Waals surface area contributed by atoms with E-state index in [1.807, 2.05) is 0 Å². The van der Waals surface area contributed by atoms with Crippen LogP contribution in [0.2, 0.25) is 0 Å². The van der Waals surface area contributed by atoms with Gasteiger partial charge in [0.15, 0.2) is 6.61 Å². The molecule has 1 aromatic carbocycles. The predicted molar refractivity (Wildman–Crippen MR) is 88.7 cm³/mol. The van der Waals surface area contributed by atoms with E-state index >= 15 is 0 Å². The molecule has 0 bridgehead atoms. The number of aromatic nitrogens is 2. The van der Waals surface area contributed by atoms with E-state index in [1.165, 1.54) is 31.2 Å². The lowest BCUT2D eigenvalue weighted by Gasteiger charge is -2.17. The highest BCUT2D eigenvalue weighted by Crippen LogP contribution is 2.22. The molecule has 3 rings (SSSR count). The minimum Gasteiger partial charge on any atom is -0.484 e. The van der Waals surface area contributed by atoms with Crippen molar-refractivity contribution in [1.82, 2.24) is 14.7 Å². The summed E-state index contributed by atoms with van der Waals surface area (Å²) in [6.07, 6.45) is 4.13. The number of carbonyl (C=O) groups excluding carboxylic acids is 2. The summed E-state index contributed by atoms with van der Waals surface area (Å²) in [4.78, 5) is 25.0. The van der Waals surface area contributed by atoms with Gasteiger partial charge in [0.2, 0.25) is 5.91 Å². The number of hydrogen-bond acceptors (Lipinski definition) is 4. The largest absolute Gasteiger partial charge is 0.484 e. The van der Waals surface area contributed by atoms with Crippen LogP contribution in [0.3, 0.4) is 0 Å². The van der Waals surface area contributed by atoms with E-state index in [0.717, 1.165) is 6.42 Å². The summed E-state index contributed by atoms with van der Waals surface area (Å²) in [5.41, 5.74) is 0.636. The fourth-order valence-corrected chi connectivity index (χ4v) is 2.76. The van der Waals surface area contributed by atoms with Gasteiger partial charge >= 0.3 is 0 Å². The lowest BCUT2D eigenvalue weighted by atomic mass is 10.3. The number of nitrogens with one attached hydrogen (secondary N) is 1. The predicted octanol–water partition coefficient (Wildman–Crippen LogP) is 1.83. The lowest BCUT2D eigenvalue weighted by molar-refractivity contribution is -0.132. The molecule has 132 valence electrons. The average Bonchev–Trinajstić information content (AvgIpc) is 3.22. The molecule has 2 amide bonds. The van der Waals surface area contributed by atoms with Crippen LogP contribution in [0.5, 0.6) is 5.75 Å². The zero-order chi connectivity index (χ0) is 17.8. The highest BCUT2D eigenvalue weighted by molar-refractivity contribution is 5.88. The van der Waals surface area contributed by atoms with Gasteiger partial charge in [0.25, 0.3) is 5.91 Å². The zero-order valence-corrected chi connectivity index (χ0v) is 13.8. The zero-order valence-electron chi connectivity index (χ0n) is 13.8. The molecule has 7 nitrogen and oxygen atoms in total. The van der Waals surface area contributed by atoms with Crippen LogP contribution in [-0.4, -0.2) is 46.2 Å². The standard InChI is InChI=1S/C17H19FN4O3/c1-12(23)20-14-8-19-22(9-14)15-6-7-21(10-15)17(24)11-25-16-4-2-13(18)3-5-16/h2-5,8-9,15H,6-7,10-11H2,1H3,(H,20,23). The fraction of sp³-hybridized carbons (Fsp3) is 0.353. The molecular weight excluding hydrogens is 327 g/mol. The first-order chi connectivity index (χ1) is 12.0. The Hall–Kier alpha value is -2.90. The van der Waals surface area contributed by atoms with Crippen molar-refractivity contribution in [3.63, 3.8) is 0 Å². The van der Waals surface area contributed by atoms with Gasteiger partial charge in [-0.1, -0.05) is 0 Å². The lowest BCUT2D eigenvalue weighted by Crippen LogP contribution is -2.33. The van der Waals surface area contributed by atoms with Crippen molar-refractivity contribution in [3.05, 3.63) is 42.5 Å². The van der Waals surface area contributed by atoms with E-state index < -0.39 is 0 Å². The summed E-state index contributed by atoms with van der Waals surface area (Å²) < 4.78 is 20.0. The maximum atomic E-state index is 12.8. The molecule has 0 saturated carbocycles. The molecule has 1 saturated heterocycles. The Balaban J connectivity index is 1.51. The number of anilines is 1. The number of hydrogen-bond donors (Lipinski definition) is 1. The first kappa shape index (κ1) is 16.9. The Labute approximate surface area is 144 Å². The first-order valence-electron chi connectivity index (χ1n) is 7.99. The van der Waals surface area contributed by atoms with Crippen molar-refractivity contribution in [1.29, 1.82) is 0 Å². The van der Waals surface area contributed by atoms with Gasteiger partial charge in [-0.15, -0.1) is 0 Å². The van der Waals surface area contributed by atoms with Crippen molar-refractivity contribution in [2.24, 2.45) is 0 Å².